The zero-order chi connectivity index (χ0) is 23.7. The Labute approximate surface area is 182 Å². The molecule has 0 aliphatic heterocycles. The summed E-state index contributed by atoms with van der Waals surface area (Å²) >= 11 is 0. The van der Waals surface area contributed by atoms with Crippen LogP contribution in [0.2, 0.25) is 0 Å². The summed E-state index contributed by atoms with van der Waals surface area (Å²) in [5, 5.41) is 12.7. The number of amides is 1. The number of rotatable bonds is 5. The molecule has 3 rings (SSSR count). The Morgan fingerprint density at radius 3 is 2.41 bits per heavy atom. The predicted octanol–water partition coefficient (Wildman–Crippen LogP) is 4.11. The number of nitrogens with one attached hydrogen (secondary N) is 1. The van der Waals surface area contributed by atoms with E-state index in [2.05, 4.69) is 10.3 Å². The van der Waals surface area contributed by atoms with E-state index >= 15 is 0 Å². The first-order valence-corrected chi connectivity index (χ1v) is 11.2. The normalized spacial score (nSPS) is 11.9. The zero-order valence-electron chi connectivity index (χ0n) is 17.1. The minimum Gasteiger partial charge on any atom is -0.507 e. The standard InChI is InChI=1S/C22H19F3N2O4S/c1-13-7-19(18-5-3-4-6-20(18)28)15(11-26-13)12-27-21(29)14-8-16(22(23,24)25)10-17(9-14)32(2,30)31/h3-11,28H,12H2,1-2H3,(H,27,29). The first-order chi connectivity index (χ1) is 14.9. The molecular formula is C22H19F3N2O4S. The second-order valence-electron chi connectivity index (χ2n) is 7.20. The fourth-order valence-electron chi connectivity index (χ4n) is 3.07. The van der Waals surface area contributed by atoms with Gasteiger partial charge in [-0.1, -0.05) is 18.2 Å². The topological polar surface area (TPSA) is 96.4 Å². The molecule has 0 saturated carbocycles. The molecule has 2 aromatic carbocycles. The van der Waals surface area contributed by atoms with Crippen LogP contribution in [-0.4, -0.2) is 30.7 Å². The SMILES string of the molecule is Cc1cc(-c2ccccc2O)c(CNC(=O)c2cc(C(F)(F)F)cc(S(C)(=O)=O)c2)cn1. The number of carbonyl (C=O) groups is 1. The number of alkyl halides is 3. The van der Waals surface area contributed by atoms with Gasteiger partial charge in [-0.15, -0.1) is 0 Å². The smallest absolute Gasteiger partial charge is 0.416 e. The summed E-state index contributed by atoms with van der Waals surface area (Å²) in [6, 6.07) is 10.3. The summed E-state index contributed by atoms with van der Waals surface area (Å²) in [4.78, 5) is 16.2. The number of aryl methyl sites for hydroxylation is 1. The largest absolute Gasteiger partial charge is 0.507 e. The molecule has 0 fully saturated rings. The Morgan fingerprint density at radius 1 is 1.09 bits per heavy atom. The third-order valence-electron chi connectivity index (χ3n) is 4.68. The fraction of sp³-hybridized carbons (Fsp3) is 0.182. The number of hydrogen-bond donors (Lipinski definition) is 2. The third-order valence-corrected chi connectivity index (χ3v) is 5.77. The van der Waals surface area contributed by atoms with Crippen molar-refractivity contribution in [2.24, 2.45) is 0 Å². The predicted molar refractivity (Wildman–Crippen MR) is 112 cm³/mol. The van der Waals surface area contributed by atoms with Crippen LogP contribution in [0, 0.1) is 6.92 Å². The summed E-state index contributed by atoms with van der Waals surface area (Å²) in [6.45, 7) is 1.64. The van der Waals surface area contributed by atoms with Crippen LogP contribution >= 0.6 is 0 Å². The molecule has 2 N–H and O–H groups in total. The quantitative estimate of drug-likeness (QED) is 0.592. The van der Waals surface area contributed by atoms with Gasteiger partial charge in [0.1, 0.15) is 5.75 Å². The average molecular weight is 464 g/mol. The van der Waals surface area contributed by atoms with Gasteiger partial charge in [0.05, 0.1) is 10.5 Å². The van der Waals surface area contributed by atoms with Gasteiger partial charge in [-0.2, -0.15) is 13.2 Å². The Balaban J connectivity index is 1.94. The Hall–Kier alpha value is -3.40. The van der Waals surface area contributed by atoms with Crippen molar-refractivity contribution in [1.82, 2.24) is 10.3 Å². The number of benzene rings is 2. The van der Waals surface area contributed by atoms with Crippen LogP contribution in [0.5, 0.6) is 5.75 Å². The average Bonchev–Trinajstić information content (AvgIpc) is 2.71. The number of halogens is 3. The molecule has 0 saturated heterocycles. The highest BCUT2D eigenvalue weighted by molar-refractivity contribution is 7.90. The summed E-state index contributed by atoms with van der Waals surface area (Å²) in [5.41, 5.74) is 0.592. The van der Waals surface area contributed by atoms with Gasteiger partial charge in [0, 0.05) is 35.8 Å². The van der Waals surface area contributed by atoms with Gasteiger partial charge in [-0.05, 0) is 48.4 Å². The van der Waals surface area contributed by atoms with E-state index in [0.29, 0.717) is 34.5 Å². The van der Waals surface area contributed by atoms with E-state index in [1.165, 1.54) is 12.3 Å². The van der Waals surface area contributed by atoms with E-state index in [1.54, 1.807) is 31.2 Å². The molecular weight excluding hydrogens is 445 g/mol. The number of phenols is 1. The molecule has 0 spiro atoms. The molecule has 10 heteroatoms. The second kappa shape index (κ2) is 8.62. The van der Waals surface area contributed by atoms with E-state index in [4.69, 9.17) is 0 Å². The third kappa shape index (κ3) is 5.25. The van der Waals surface area contributed by atoms with Crippen molar-refractivity contribution in [3.63, 3.8) is 0 Å². The molecule has 1 amide bonds. The van der Waals surface area contributed by atoms with E-state index < -0.39 is 37.9 Å². The van der Waals surface area contributed by atoms with Crippen molar-refractivity contribution in [3.05, 3.63) is 77.1 Å². The molecule has 0 atom stereocenters. The number of aromatic nitrogens is 1. The monoisotopic (exact) mass is 464 g/mol. The number of phenolic OH excluding ortho intramolecular Hbond substituents is 1. The molecule has 0 radical (unpaired) electrons. The number of carbonyl (C=O) groups excluding carboxylic acids is 1. The summed E-state index contributed by atoms with van der Waals surface area (Å²) in [7, 11) is -3.98. The number of aromatic hydroxyl groups is 1. The van der Waals surface area contributed by atoms with Crippen LogP contribution in [0.1, 0.15) is 27.2 Å². The number of pyridine rings is 1. The van der Waals surface area contributed by atoms with Crippen LogP contribution in [0.15, 0.2) is 59.6 Å². The van der Waals surface area contributed by atoms with Crippen molar-refractivity contribution < 1.29 is 31.5 Å². The maximum Gasteiger partial charge on any atom is 0.416 e. The molecule has 0 bridgehead atoms. The fourth-order valence-corrected chi connectivity index (χ4v) is 3.75. The Bertz CT molecular complexity index is 1290. The van der Waals surface area contributed by atoms with Gasteiger partial charge >= 0.3 is 6.18 Å². The van der Waals surface area contributed by atoms with E-state index in [-0.39, 0.29) is 12.3 Å². The first kappa shape index (κ1) is 23.3. The van der Waals surface area contributed by atoms with Crippen LogP contribution in [0.3, 0.4) is 0 Å². The van der Waals surface area contributed by atoms with Gasteiger partial charge in [0.2, 0.25) is 0 Å². The van der Waals surface area contributed by atoms with E-state index in [1.807, 2.05) is 0 Å². The number of sulfone groups is 1. The minimum atomic E-state index is -4.82. The van der Waals surface area contributed by atoms with Gasteiger partial charge in [-0.3, -0.25) is 9.78 Å². The number of para-hydroxylation sites is 1. The highest BCUT2D eigenvalue weighted by atomic mass is 32.2. The van der Waals surface area contributed by atoms with Gasteiger partial charge in [0.25, 0.3) is 5.91 Å². The van der Waals surface area contributed by atoms with Crippen LogP contribution in [-0.2, 0) is 22.6 Å². The van der Waals surface area contributed by atoms with Crippen molar-refractivity contribution >= 4 is 15.7 Å². The molecule has 3 aromatic rings. The van der Waals surface area contributed by atoms with E-state index in [9.17, 15) is 31.5 Å². The Kier molecular flexibility index (Phi) is 6.27. The molecule has 168 valence electrons. The van der Waals surface area contributed by atoms with Crippen molar-refractivity contribution in [1.29, 1.82) is 0 Å². The summed E-state index contributed by atoms with van der Waals surface area (Å²) in [6.07, 6.45) is -2.57. The maximum absolute atomic E-state index is 13.2. The lowest BCUT2D eigenvalue weighted by Gasteiger charge is -2.14. The minimum absolute atomic E-state index is 0.0151. The van der Waals surface area contributed by atoms with Gasteiger partial charge in [0.15, 0.2) is 9.84 Å². The Morgan fingerprint density at radius 2 is 1.78 bits per heavy atom. The van der Waals surface area contributed by atoms with E-state index in [0.717, 1.165) is 12.3 Å². The van der Waals surface area contributed by atoms with Crippen LogP contribution in [0.4, 0.5) is 13.2 Å². The lowest BCUT2D eigenvalue weighted by Crippen LogP contribution is -2.24. The summed E-state index contributed by atoms with van der Waals surface area (Å²) in [5.74, 6) is -0.869. The summed E-state index contributed by atoms with van der Waals surface area (Å²) < 4.78 is 63.2. The molecule has 6 nitrogen and oxygen atoms in total. The van der Waals surface area contributed by atoms with Crippen LogP contribution < -0.4 is 5.32 Å². The van der Waals surface area contributed by atoms with Crippen molar-refractivity contribution in [2.45, 2.75) is 24.5 Å². The molecule has 0 aliphatic rings. The van der Waals surface area contributed by atoms with Crippen molar-refractivity contribution in [2.75, 3.05) is 6.26 Å². The molecule has 0 aliphatic carbocycles. The van der Waals surface area contributed by atoms with Gasteiger partial charge < -0.3 is 10.4 Å². The first-order valence-electron chi connectivity index (χ1n) is 9.30. The van der Waals surface area contributed by atoms with Gasteiger partial charge in [-0.25, -0.2) is 8.42 Å². The molecule has 1 heterocycles. The lowest BCUT2D eigenvalue weighted by atomic mass is 9.99. The highest BCUT2D eigenvalue weighted by Crippen LogP contribution is 2.33. The molecule has 32 heavy (non-hydrogen) atoms. The van der Waals surface area contributed by atoms with Crippen molar-refractivity contribution in [3.8, 4) is 16.9 Å². The maximum atomic E-state index is 13.2. The molecule has 0 unspecified atom stereocenters. The molecule has 1 aromatic heterocycles. The number of hydrogen-bond acceptors (Lipinski definition) is 5. The highest BCUT2D eigenvalue weighted by Gasteiger charge is 2.32. The van der Waals surface area contributed by atoms with Crippen LogP contribution in [0.25, 0.3) is 11.1 Å². The lowest BCUT2D eigenvalue weighted by molar-refractivity contribution is -0.137. The zero-order valence-corrected chi connectivity index (χ0v) is 17.9. The second-order valence-corrected chi connectivity index (χ2v) is 9.21. The number of nitrogens with zero attached hydrogens (tertiary/aromatic N) is 1.